The van der Waals surface area contributed by atoms with Gasteiger partial charge in [0.15, 0.2) is 0 Å². The van der Waals surface area contributed by atoms with E-state index in [4.69, 9.17) is 10.0 Å². The van der Waals surface area contributed by atoms with E-state index in [-0.39, 0.29) is 12.2 Å². The Hall–Kier alpha value is -3.26. The fourth-order valence-corrected chi connectivity index (χ4v) is 3.91. The van der Waals surface area contributed by atoms with Crippen molar-refractivity contribution in [3.05, 3.63) is 82.9 Å². The maximum Gasteiger partial charge on any atom is 0.274 e. The van der Waals surface area contributed by atoms with Gasteiger partial charge in [0, 0.05) is 17.7 Å². The molecular weight excluding hydrogens is 442 g/mol. The number of carbonyl (C=O) groups excluding carboxylic acids is 2. The average molecular weight is 478 g/mol. The molecule has 0 aromatic heterocycles. The van der Waals surface area contributed by atoms with E-state index in [0.717, 1.165) is 30.6 Å². The molecule has 2 amide bonds. The first-order valence-corrected chi connectivity index (χ1v) is 12.2. The second-order valence-corrected chi connectivity index (χ2v) is 8.74. The minimum Gasteiger partial charge on any atom is -0.299 e. The predicted molar refractivity (Wildman–Crippen MR) is 137 cm³/mol. The maximum atomic E-state index is 12.3. The van der Waals surface area contributed by atoms with Gasteiger partial charge in [-0.3, -0.25) is 24.5 Å². The van der Waals surface area contributed by atoms with Crippen molar-refractivity contribution < 1.29 is 19.6 Å². The first kappa shape index (κ1) is 26.3. The molecule has 0 aliphatic carbocycles. The first-order valence-electron chi connectivity index (χ1n) is 12.2. The Balaban J connectivity index is 1.55. The fourth-order valence-electron chi connectivity index (χ4n) is 3.91. The minimum absolute atomic E-state index is 0.232. The summed E-state index contributed by atoms with van der Waals surface area (Å²) in [4.78, 5) is 31.6. The van der Waals surface area contributed by atoms with E-state index < -0.39 is 11.8 Å². The van der Waals surface area contributed by atoms with Crippen LogP contribution in [0.25, 0.3) is 10.8 Å². The molecule has 0 atom stereocenters. The summed E-state index contributed by atoms with van der Waals surface area (Å²) in [6.45, 7) is 7.95. The lowest BCUT2D eigenvalue weighted by molar-refractivity contribution is 0.0234. The van der Waals surface area contributed by atoms with Gasteiger partial charge in [-0.05, 0) is 84.2 Å². The summed E-state index contributed by atoms with van der Waals surface area (Å²) in [7, 11) is 0. The van der Waals surface area contributed by atoms with Gasteiger partial charge in [-0.2, -0.15) is 0 Å². The van der Waals surface area contributed by atoms with Crippen molar-refractivity contribution in [2.24, 2.45) is 0 Å². The number of unbranched alkanes of at least 4 members (excludes halogenated alkanes) is 2. The molecule has 3 N–H and O–H groups in total. The van der Waals surface area contributed by atoms with Gasteiger partial charge in [-0.1, -0.05) is 51.0 Å². The Morgan fingerprint density at radius 1 is 0.800 bits per heavy atom. The summed E-state index contributed by atoms with van der Waals surface area (Å²) in [5.41, 5.74) is 6.85. The van der Waals surface area contributed by atoms with E-state index in [1.807, 2.05) is 6.07 Å². The Morgan fingerprint density at radius 3 is 1.91 bits per heavy atom. The lowest BCUT2D eigenvalue weighted by atomic mass is 10.0. The third-order valence-corrected chi connectivity index (χ3v) is 5.95. The highest BCUT2D eigenvalue weighted by atomic mass is 16.6. The number of carbonyl (C=O) groups is 2. The molecule has 0 spiro atoms. The van der Waals surface area contributed by atoms with Crippen molar-refractivity contribution in [1.82, 2.24) is 15.9 Å². The monoisotopic (exact) mass is 477 g/mol. The molecule has 0 fully saturated rings. The zero-order valence-corrected chi connectivity index (χ0v) is 20.5. The van der Waals surface area contributed by atoms with Gasteiger partial charge in [0.25, 0.3) is 11.8 Å². The summed E-state index contributed by atoms with van der Waals surface area (Å²) in [5, 5.41) is 11.0. The molecule has 186 valence electrons. The molecule has 0 bridgehead atoms. The zero-order valence-electron chi connectivity index (χ0n) is 20.5. The second-order valence-electron chi connectivity index (χ2n) is 8.74. The highest BCUT2D eigenvalue weighted by molar-refractivity contribution is 5.97. The van der Waals surface area contributed by atoms with Crippen LogP contribution >= 0.6 is 0 Å². The molecule has 3 aromatic rings. The Bertz CT molecular complexity index is 1110. The molecule has 35 heavy (non-hydrogen) atoms. The zero-order chi connectivity index (χ0) is 25.0. The maximum absolute atomic E-state index is 12.3. The van der Waals surface area contributed by atoms with E-state index in [1.54, 1.807) is 5.48 Å². The van der Waals surface area contributed by atoms with Crippen LogP contribution in [0.15, 0.2) is 60.7 Å². The molecule has 0 radical (unpaired) electrons. The third kappa shape index (κ3) is 7.89. The smallest absolute Gasteiger partial charge is 0.274 e. The van der Waals surface area contributed by atoms with E-state index in [2.05, 4.69) is 54.6 Å². The molecule has 7 heteroatoms. The van der Waals surface area contributed by atoms with Crippen LogP contribution in [0, 0.1) is 0 Å². The number of hydrogen-bond donors (Lipinski definition) is 3. The van der Waals surface area contributed by atoms with Crippen LogP contribution in [0.4, 0.5) is 0 Å². The van der Waals surface area contributed by atoms with Crippen molar-refractivity contribution in [2.45, 2.75) is 52.7 Å². The highest BCUT2D eigenvalue weighted by Crippen LogP contribution is 2.20. The summed E-state index contributed by atoms with van der Waals surface area (Å²) in [5.74, 6) is -1.05. The van der Waals surface area contributed by atoms with Gasteiger partial charge in [-0.15, -0.1) is 0 Å². The van der Waals surface area contributed by atoms with E-state index in [9.17, 15) is 9.59 Å². The van der Waals surface area contributed by atoms with Gasteiger partial charge in [0.05, 0.1) is 6.61 Å². The number of nitrogens with one attached hydrogen (secondary N) is 2. The van der Waals surface area contributed by atoms with Gasteiger partial charge >= 0.3 is 0 Å². The highest BCUT2D eigenvalue weighted by Gasteiger charge is 2.09. The first-order chi connectivity index (χ1) is 17.0. The Morgan fingerprint density at radius 2 is 1.34 bits per heavy atom. The van der Waals surface area contributed by atoms with Crippen molar-refractivity contribution in [3.8, 4) is 0 Å². The van der Waals surface area contributed by atoms with E-state index in [0.29, 0.717) is 5.56 Å². The minimum atomic E-state index is -0.637. The molecular formula is C28H35N3O4. The van der Waals surface area contributed by atoms with Crippen LogP contribution in [-0.4, -0.2) is 35.0 Å². The largest absolute Gasteiger partial charge is 0.299 e. The standard InChI is InChI=1S/C28H35N3O4/c1-3-5-15-31(16-6-4-2)19-21-7-9-26-18-22(8-10-25(26)17-21)20-35-30-28(33)24-13-11-23(12-14-24)27(32)29-34/h7-14,17-18,34H,3-6,15-16,19-20H2,1-2H3,(H,29,32)(H,30,33). The van der Waals surface area contributed by atoms with Crippen molar-refractivity contribution in [3.63, 3.8) is 0 Å². The lowest BCUT2D eigenvalue weighted by Gasteiger charge is -2.22. The molecule has 3 aromatic carbocycles. The quantitative estimate of drug-likeness (QED) is 0.232. The van der Waals surface area contributed by atoms with Gasteiger partial charge in [0.1, 0.15) is 0 Å². The van der Waals surface area contributed by atoms with E-state index >= 15 is 0 Å². The molecule has 0 aliphatic rings. The SMILES string of the molecule is CCCCN(CCCC)Cc1ccc2cc(CONC(=O)c3ccc(C(=O)NO)cc3)ccc2c1. The second kappa shape index (κ2) is 13.6. The number of benzene rings is 3. The summed E-state index contributed by atoms with van der Waals surface area (Å²) in [6, 6.07) is 18.6. The van der Waals surface area contributed by atoms with Gasteiger partial charge in [-0.25, -0.2) is 11.0 Å². The number of nitrogens with zero attached hydrogens (tertiary/aromatic N) is 1. The van der Waals surface area contributed by atoms with Crippen LogP contribution in [0.5, 0.6) is 0 Å². The van der Waals surface area contributed by atoms with Gasteiger partial charge in [0.2, 0.25) is 0 Å². The normalized spacial score (nSPS) is 11.1. The molecule has 0 aliphatic heterocycles. The fraction of sp³-hybridized carbons (Fsp3) is 0.357. The Labute approximate surface area is 207 Å². The topological polar surface area (TPSA) is 90.9 Å². The molecule has 7 nitrogen and oxygen atoms in total. The molecule has 0 saturated carbocycles. The van der Waals surface area contributed by atoms with Crippen LogP contribution in [0.2, 0.25) is 0 Å². The van der Waals surface area contributed by atoms with Crippen LogP contribution in [0.3, 0.4) is 0 Å². The van der Waals surface area contributed by atoms with Crippen LogP contribution < -0.4 is 11.0 Å². The summed E-state index contributed by atoms with van der Waals surface area (Å²) < 4.78 is 0. The van der Waals surface area contributed by atoms with Crippen LogP contribution in [0.1, 0.15) is 71.4 Å². The number of hydrogen-bond acceptors (Lipinski definition) is 5. The number of fused-ring (bicyclic) bond motifs is 1. The molecule has 0 saturated heterocycles. The predicted octanol–water partition coefficient (Wildman–Crippen LogP) is 5.22. The third-order valence-electron chi connectivity index (χ3n) is 5.95. The van der Waals surface area contributed by atoms with Crippen molar-refractivity contribution in [2.75, 3.05) is 13.1 Å². The van der Waals surface area contributed by atoms with Crippen molar-refractivity contribution >= 4 is 22.6 Å². The average Bonchev–Trinajstić information content (AvgIpc) is 2.89. The number of amides is 2. The Kier molecular flexibility index (Phi) is 10.2. The summed E-state index contributed by atoms with van der Waals surface area (Å²) >= 11 is 0. The number of rotatable bonds is 13. The van der Waals surface area contributed by atoms with Crippen LogP contribution in [-0.2, 0) is 18.0 Å². The molecule has 0 unspecified atom stereocenters. The van der Waals surface area contributed by atoms with E-state index in [1.165, 1.54) is 60.9 Å². The number of hydroxylamine groups is 2. The molecule has 0 heterocycles. The molecule has 3 rings (SSSR count). The lowest BCUT2D eigenvalue weighted by Crippen LogP contribution is -2.25. The van der Waals surface area contributed by atoms with Crippen molar-refractivity contribution in [1.29, 1.82) is 0 Å². The van der Waals surface area contributed by atoms with Gasteiger partial charge < -0.3 is 0 Å². The summed E-state index contributed by atoms with van der Waals surface area (Å²) in [6.07, 6.45) is 4.87.